The Bertz CT molecular complexity index is 1040. The van der Waals surface area contributed by atoms with Crippen molar-refractivity contribution in [2.24, 2.45) is 0 Å². The highest BCUT2D eigenvalue weighted by atomic mass is 31.2. The van der Waals surface area contributed by atoms with Crippen molar-refractivity contribution in [3.8, 4) is 0 Å². The smallest absolute Gasteiger partial charge is 0.462 e. The zero-order valence-electron chi connectivity index (χ0n) is 32.7. The molecule has 0 radical (unpaired) electrons. The molecular formula is C42H73O9P. The van der Waals surface area contributed by atoms with Gasteiger partial charge in [0.15, 0.2) is 11.9 Å². The molecular weight excluding hydrogens is 679 g/mol. The van der Waals surface area contributed by atoms with E-state index in [9.17, 15) is 18.9 Å². The predicted octanol–water partition coefficient (Wildman–Crippen LogP) is 11.5. The van der Waals surface area contributed by atoms with Gasteiger partial charge in [0, 0.05) is 19.3 Å². The lowest BCUT2D eigenvalue weighted by Gasteiger charge is -2.18. The fourth-order valence-electron chi connectivity index (χ4n) is 5.50. The molecule has 52 heavy (non-hydrogen) atoms. The number of carbonyl (C=O) groups excluding carboxylic acids is 3. The molecule has 0 saturated heterocycles. The number of ether oxygens (including phenoxy) is 2. The van der Waals surface area contributed by atoms with Gasteiger partial charge in [-0.1, -0.05) is 166 Å². The minimum absolute atomic E-state index is 0.110. The number of rotatable bonds is 37. The molecule has 0 spiro atoms. The minimum atomic E-state index is -4.78. The summed E-state index contributed by atoms with van der Waals surface area (Å²) in [6, 6.07) is 0. The quantitative estimate of drug-likeness (QED) is 0.0159. The van der Waals surface area contributed by atoms with Crippen molar-refractivity contribution in [1.82, 2.24) is 0 Å². The van der Waals surface area contributed by atoms with E-state index in [2.05, 4.69) is 18.4 Å². The van der Waals surface area contributed by atoms with Crippen LogP contribution in [0.15, 0.2) is 48.6 Å². The second-order valence-electron chi connectivity index (χ2n) is 13.7. The molecule has 0 aliphatic carbocycles. The molecule has 0 aromatic rings. The molecule has 9 nitrogen and oxygen atoms in total. The monoisotopic (exact) mass is 752 g/mol. The van der Waals surface area contributed by atoms with Gasteiger partial charge in [-0.15, -0.1) is 0 Å². The van der Waals surface area contributed by atoms with E-state index in [0.29, 0.717) is 25.7 Å². The van der Waals surface area contributed by atoms with E-state index >= 15 is 0 Å². The molecule has 0 aromatic heterocycles. The van der Waals surface area contributed by atoms with Gasteiger partial charge in [0.1, 0.15) is 6.61 Å². The lowest BCUT2D eigenvalue weighted by Crippen LogP contribution is -2.29. The van der Waals surface area contributed by atoms with Crippen molar-refractivity contribution in [3.63, 3.8) is 0 Å². The average molecular weight is 753 g/mol. The van der Waals surface area contributed by atoms with Crippen LogP contribution in [0, 0.1) is 0 Å². The Morgan fingerprint density at radius 1 is 0.558 bits per heavy atom. The van der Waals surface area contributed by atoms with Gasteiger partial charge in [-0.05, 0) is 44.6 Å². The van der Waals surface area contributed by atoms with Crippen molar-refractivity contribution in [2.45, 2.75) is 187 Å². The van der Waals surface area contributed by atoms with Gasteiger partial charge < -0.3 is 19.3 Å². The molecule has 0 amide bonds. The summed E-state index contributed by atoms with van der Waals surface area (Å²) in [5.41, 5.74) is 0. The summed E-state index contributed by atoms with van der Waals surface area (Å²) in [4.78, 5) is 54.4. The molecule has 300 valence electrons. The molecule has 0 saturated carbocycles. The van der Waals surface area contributed by atoms with Gasteiger partial charge in [-0.25, -0.2) is 4.57 Å². The molecule has 0 unspecified atom stereocenters. The van der Waals surface area contributed by atoms with Crippen LogP contribution in [-0.4, -0.2) is 46.8 Å². The molecule has 2 N–H and O–H groups in total. The van der Waals surface area contributed by atoms with Gasteiger partial charge in [-0.3, -0.25) is 18.9 Å². The van der Waals surface area contributed by atoms with E-state index in [1.807, 2.05) is 36.5 Å². The third kappa shape index (κ3) is 38.9. The lowest BCUT2D eigenvalue weighted by atomic mass is 10.0. The van der Waals surface area contributed by atoms with E-state index in [4.69, 9.17) is 19.3 Å². The van der Waals surface area contributed by atoms with Crippen LogP contribution < -0.4 is 0 Å². The van der Waals surface area contributed by atoms with Crippen LogP contribution in [0.2, 0.25) is 0 Å². The van der Waals surface area contributed by atoms with Crippen LogP contribution in [0.5, 0.6) is 0 Å². The number of ketones is 1. The molecule has 0 bridgehead atoms. The molecule has 0 heterocycles. The number of phosphoric ester groups is 1. The van der Waals surface area contributed by atoms with Crippen molar-refractivity contribution < 1.29 is 42.7 Å². The molecule has 0 aliphatic heterocycles. The summed E-state index contributed by atoms with van der Waals surface area (Å²) < 4.78 is 26.3. The van der Waals surface area contributed by atoms with Crippen molar-refractivity contribution in [3.05, 3.63) is 48.6 Å². The van der Waals surface area contributed by atoms with Crippen molar-refractivity contribution >= 4 is 25.5 Å². The number of esters is 2. The van der Waals surface area contributed by atoms with Crippen LogP contribution >= 0.6 is 7.82 Å². The molecule has 0 aromatic carbocycles. The molecule has 0 aliphatic rings. The summed E-state index contributed by atoms with van der Waals surface area (Å²) >= 11 is 0. The van der Waals surface area contributed by atoms with Crippen LogP contribution in [0.3, 0.4) is 0 Å². The largest absolute Gasteiger partial charge is 0.469 e. The fraction of sp³-hybridized carbons (Fsp3) is 0.738. The Balaban J connectivity index is 4.07. The summed E-state index contributed by atoms with van der Waals surface area (Å²) in [7, 11) is -4.78. The first-order valence-corrected chi connectivity index (χ1v) is 21.9. The number of phosphoric acid groups is 1. The number of hydrogen-bond donors (Lipinski definition) is 2. The summed E-state index contributed by atoms with van der Waals surface area (Å²) in [6.45, 7) is 3.48. The average Bonchev–Trinajstić information content (AvgIpc) is 3.11. The SMILES string of the molecule is CCCCCCCCCCCCCCCCCCC(=O)OC[C@H](COP(=O)(O)O)OC(=O)CCC/C=C\C/C=C\C/C=C\C=C\C(=O)CCCCC. The second-order valence-corrected chi connectivity index (χ2v) is 14.9. The van der Waals surface area contributed by atoms with E-state index in [-0.39, 0.29) is 25.2 Å². The minimum Gasteiger partial charge on any atom is -0.462 e. The van der Waals surface area contributed by atoms with Crippen molar-refractivity contribution in [2.75, 3.05) is 13.2 Å². The van der Waals surface area contributed by atoms with E-state index in [1.54, 1.807) is 12.2 Å². The van der Waals surface area contributed by atoms with E-state index < -0.39 is 32.5 Å². The first-order chi connectivity index (χ1) is 25.2. The Morgan fingerprint density at radius 3 is 1.62 bits per heavy atom. The van der Waals surface area contributed by atoms with Gasteiger partial charge in [-0.2, -0.15) is 0 Å². The Hall–Kier alpha value is -2.32. The zero-order chi connectivity index (χ0) is 38.4. The molecule has 0 rings (SSSR count). The summed E-state index contributed by atoms with van der Waals surface area (Å²) in [5, 5.41) is 0. The topological polar surface area (TPSA) is 136 Å². The highest BCUT2D eigenvalue weighted by Gasteiger charge is 2.22. The third-order valence-corrected chi connectivity index (χ3v) is 9.06. The third-order valence-electron chi connectivity index (χ3n) is 8.58. The predicted molar refractivity (Wildman–Crippen MR) is 212 cm³/mol. The standard InChI is InChI=1S/C42H73O9P/c1-3-5-7-8-9-10-11-12-13-14-15-18-21-24-27-31-35-41(44)49-37-40(38-50-52(46,47)48)51-42(45)36-32-28-25-22-19-16-17-20-23-26-30-34-39(43)33-29-6-4-2/h16-17,22-23,25-26,30,34,40H,3-15,18-21,24,27-29,31-33,35-38H2,1-2H3,(H2,46,47,48)/b17-16-,25-22-,26-23-,34-30+/t40-/m1/s1. The second kappa shape index (κ2) is 37.0. The van der Waals surface area contributed by atoms with E-state index in [0.717, 1.165) is 51.4 Å². The number of allylic oxidation sites excluding steroid dienone is 8. The van der Waals surface area contributed by atoms with Gasteiger partial charge in [0.25, 0.3) is 0 Å². The maximum atomic E-state index is 12.4. The number of carbonyl (C=O) groups is 3. The van der Waals surface area contributed by atoms with Crippen LogP contribution in [0.4, 0.5) is 0 Å². The maximum absolute atomic E-state index is 12.4. The van der Waals surface area contributed by atoms with Crippen LogP contribution in [0.1, 0.15) is 181 Å². The normalized spacial score (nSPS) is 12.8. The van der Waals surface area contributed by atoms with E-state index in [1.165, 1.54) is 77.0 Å². The number of hydrogen-bond acceptors (Lipinski definition) is 7. The van der Waals surface area contributed by atoms with Crippen LogP contribution in [-0.2, 0) is 32.9 Å². The summed E-state index contributed by atoms with van der Waals surface area (Å²) in [5.74, 6) is -0.818. The fourth-order valence-corrected chi connectivity index (χ4v) is 5.86. The van der Waals surface area contributed by atoms with Gasteiger partial charge in [0.2, 0.25) is 0 Å². The van der Waals surface area contributed by atoms with Gasteiger partial charge in [0.05, 0.1) is 6.61 Å². The molecule has 0 fully saturated rings. The first-order valence-electron chi connectivity index (χ1n) is 20.4. The molecule has 10 heteroatoms. The first kappa shape index (κ1) is 49.7. The highest BCUT2D eigenvalue weighted by molar-refractivity contribution is 7.46. The Labute approximate surface area is 316 Å². The van der Waals surface area contributed by atoms with Crippen LogP contribution in [0.25, 0.3) is 0 Å². The number of unbranched alkanes of at least 4 members (excludes halogenated alkanes) is 18. The van der Waals surface area contributed by atoms with Crippen molar-refractivity contribution in [1.29, 1.82) is 0 Å². The highest BCUT2D eigenvalue weighted by Crippen LogP contribution is 2.36. The Morgan fingerprint density at radius 2 is 1.04 bits per heavy atom. The molecule has 1 atom stereocenters. The zero-order valence-corrected chi connectivity index (χ0v) is 33.6. The lowest BCUT2D eigenvalue weighted by molar-refractivity contribution is -0.161. The Kier molecular flexibility index (Phi) is 35.4. The van der Waals surface area contributed by atoms with Gasteiger partial charge >= 0.3 is 19.8 Å². The summed E-state index contributed by atoms with van der Waals surface area (Å²) in [6.07, 6.45) is 41.0. The maximum Gasteiger partial charge on any atom is 0.469 e.